The molecule has 2 aromatic rings. The van der Waals surface area contributed by atoms with Crippen molar-refractivity contribution in [2.75, 3.05) is 44.7 Å². The summed E-state index contributed by atoms with van der Waals surface area (Å²) < 4.78 is 66.8. The Bertz CT molecular complexity index is 1320. The van der Waals surface area contributed by atoms with Crippen LogP contribution in [0.2, 0.25) is 0 Å². The van der Waals surface area contributed by atoms with Crippen LogP contribution in [0.15, 0.2) is 24.3 Å². The molecule has 3 saturated heterocycles. The van der Waals surface area contributed by atoms with E-state index in [-0.39, 0.29) is 29.2 Å². The first-order chi connectivity index (χ1) is 17.8. The van der Waals surface area contributed by atoms with Crippen LogP contribution in [-0.2, 0) is 5.79 Å². The molecule has 37 heavy (non-hydrogen) atoms. The second-order valence-corrected chi connectivity index (χ2v) is 10.5. The van der Waals surface area contributed by atoms with Crippen LogP contribution in [0.4, 0.5) is 23.4 Å². The van der Waals surface area contributed by atoms with Crippen LogP contribution in [-0.4, -0.2) is 72.5 Å². The van der Waals surface area contributed by atoms with E-state index in [0.717, 1.165) is 38.4 Å². The molecule has 4 aliphatic heterocycles. The van der Waals surface area contributed by atoms with E-state index in [1.54, 1.807) is 0 Å². The standard InChI is InChI=1S/C26H30F4N6O/c1-35(17-7-9-31-12-17)23-18-13-32-26(30,19-5-2-3-6-20(19)28)22(29)21(18)33-24(34-23)37-15-25-8-4-10-36(25)14-16(27)11-25/h2-3,5-6,13,16-17,31-32H,4,7-12,14-15H2,1H3/t16?,17-,25+,26?/m1/s1. The first-order valence-corrected chi connectivity index (χ1v) is 12.8. The number of halogens is 4. The molecule has 11 heteroatoms. The van der Waals surface area contributed by atoms with Crippen molar-refractivity contribution in [1.82, 2.24) is 25.5 Å². The molecule has 3 fully saturated rings. The molecule has 0 amide bonds. The highest BCUT2D eigenvalue weighted by Gasteiger charge is 2.49. The van der Waals surface area contributed by atoms with Crippen molar-refractivity contribution in [3.63, 3.8) is 0 Å². The van der Waals surface area contributed by atoms with Gasteiger partial charge in [0.15, 0.2) is 5.83 Å². The maximum atomic E-state index is 16.1. The van der Waals surface area contributed by atoms with Gasteiger partial charge < -0.3 is 20.3 Å². The molecule has 0 aliphatic carbocycles. The molecule has 4 aliphatic rings. The van der Waals surface area contributed by atoms with E-state index in [1.807, 2.05) is 11.9 Å². The molecule has 0 saturated carbocycles. The smallest absolute Gasteiger partial charge is 0.319 e. The molecule has 4 atom stereocenters. The van der Waals surface area contributed by atoms with Crippen LogP contribution >= 0.6 is 0 Å². The number of hydrogen-bond donors (Lipinski definition) is 2. The number of alkyl halides is 2. The van der Waals surface area contributed by atoms with E-state index >= 15 is 8.78 Å². The van der Waals surface area contributed by atoms with Crippen LogP contribution in [0.25, 0.3) is 12.0 Å². The van der Waals surface area contributed by atoms with E-state index in [9.17, 15) is 8.78 Å². The highest BCUT2D eigenvalue weighted by Crippen LogP contribution is 2.40. The second kappa shape index (κ2) is 9.13. The van der Waals surface area contributed by atoms with Gasteiger partial charge in [-0.05, 0) is 38.4 Å². The van der Waals surface area contributed by atoms with E-state index in [0.29, 0.717) is 25.3 Å². The molecule has 1 aromatic carbocycles. The van der Waals surface area contributed by atoms with Gasteiger partial charge in [0.2, 0.25) is 0 Å². The summed E-state index contributed by atoms with van der Waals surface area (Å²) in [5.74, 6) is -4.72. The normalized spacial score (nSPS) is 31.0. The first kappa shape index (κ1) is 24.4. The molecular formula is C26H30F4N6O. The minimum atomic E-state index is -2.94. The Hall–Kier alpha value is -2.92. The largest absolute Gasteiger partial charge is 0.461 e. The Morgan fingerprint density at radius 1 is 1.24 bits per heavy atom. The van der Waals surface area contributed by atoms with Gasteiger partial charge in [-0.3, -0.25) is 4.90 Å². The van der Waals surface area contributed by atoms with Crippen LogP contribution < -0.4 is 30.8 Å². The summed E-state index contributed by atoms with van der Waals surface area (Å²) in [7, 11) is 1.84. The number of likely N-dealkylation sites (N-methyl/N-ethyl adjacent to an activating group) is 1. The van der Waals surface area contributed by atoms with Gasteiger partial charge in [-0.2, -0.15) is 9.97 Å². The minimum Gasteiger partial charge on any atom is -0.461 e. The van der Waals surface area contributed by atoms with Gasteiger partial charge in [0.1, 0.15) is 29.8 Å². The lowest BCUT2D eigenvalue weighted by atomic mass is 9.95. The first-order valence-electron chi connectivity index (χ1n) is 12.8. The highest BCUT2D eigenvalue weighted by molar-refractivity contribution is 5.60. The summed E-state index contributed by atoms with van der Waals surface area (Å²) in [6.45, 7) is 2.86. The predicted octanol–water partition coefficient (Wildman–Crippen LogP) is 1.61. The predicted molar refractivity (Wildman–Crippen MR) is 131 cm³/mol. The Kier molecular flexibility index (Phi) is 6.02. The topological polar surface area (TPSA) is 65.5 Å². The number of fused-ring (bicyclic) bond motifs is 2. The van der Waals surface area contributed by atoms with Gasteiger partial charge in [0.05, 0.1) is 16.3 Å². The maximum Gasteiger partial charge on any atom is 0.319 e. The van der Waals surface area contributed by atoms with E-state index in [4.69, 9.17) is 4.74 Å². The van der Waals surface area contributed by atoms with Crippen molar-refractivity contribution in [3.05, 3.63) is 46.2 Å². The quantitative estimate of drug-likeness (QED) is 0.445. The number of aromatic nitrogens is 2. The molecule has 0 bridgehead atoms. The van der Waals surface area contributed by atoms with Crippen molar-refractivity contribution < 1.29 is 22.3 Å². The summed E-state index contributed by atoms with van der Waals surface area (Å²) in [5.41, 5.74) is -0.932. The van der Waals surface area contributed by atoms with E-state index in [1.165, 1.54) is 24.4 Å². The highest BCUT2D eigenvalue weighted by atomic mass is 19.2. The molecule has 5 heterocycles. The number of rotatable bonds is 6. The number of anilines is 1. The molecule has 198 valence electrons. The fourth-order valence-corrected chi connectivity index (χ4v) is 6.20. The maximum absolute atomic E-state index is 16.1. The number of nitrogens with zero attached hydrogens (tertiary/aromatic N) is 4. The second-order valence-electron chi connectivity index (χ2n) is 10.5. The van der Waals surface area contributed by atoms with E-state index < -0.39 is 34.7 Å². The summed E-state index contributed by atoms with van der Waals surface area (Å²) >= 11 is 0. The number of nitrogens with one attached hydrogen (secondary N) is 2. The van der Waals surface area contributed by atoms with Crippen molar-refractivity contribution in [2.24, 2.45) is 0 Å². The zero-order valence-corrected chi connectivity index (χ0v) is 20.6. The number of benzene rings is 1. The van der Waals surface area contributed by atoms with Gasteiger partial charge in [-0.15, -0.1) is 0 Å². The fraction of sp³-hybridized carbons (Fsp3) is 0.538. The van der Waals surface area contributed by atoms with Crippen molar-refractivity contribution in [2.45, 2.75) is 49.2 Å². The van der Waals surface area contributed by atoms with Gasteiger partial charge in [-0.1, -0.05) is 18.2 Å². The zero-order chi connectivity index (χ0) is 25.8. The fourth-order valence-electron chi connectivity index (χ4n) is 6.20. The third-order valence-electron chi connectivity index (χ3n) is 8.22. The SMILES string of the molecule is CN(c1nc(OC[C@@]23CCCN2CC(F)C3)nc2c1=CNC(F)(c1ccccc1F)C=2F)[C@@H]1CCNC1. The zero-order valence-electron chi connectivity index (χ0n) is 20.6. The van der Waals surface area contributed by atoms with Gasteiger partial charge in [0, 0.05) is 38.8 Å². The lowest BCUT2D eigenvalue weighted by molar-refractivity contribution is 0.107. The van der Waals surface area contributed by atoms with Crippen molar-refractivity contribution >= 4 is 17.8 Å². The Labute approximate surface area is 212 Å². The number of hydrogen-bond acceptors (Lipinski definition) is 7. The Balaban J connectivity index is 1.44. The molecule has 1 aromatic heterocycles. The van der Waals surface area contributed by atoms with E-state index in [2.05, 4.69) is 25.5 Å². The minimum absolute atomic E-state index is 0.0815. The molecule has 7 nitrogen and oxygen atoms in total. The molecule has 0 radical (unpaired) electrons. The average Bonchev–Trinajstić information content (AvgIpc) is 3.61. The van der Waals surface area contributed by atoms with Crippen LogP contribution in [0.5, 0.6) is 6.01 Å². The monoisotopic (exact) mass is 518 g/mol. The van der Waals surface area contributed by atoms with Crippen LogP contribution in [0.1, 0.15) is 31.2 Å². The van der Waals surface area contributed by atoms with Gasteiger partial charge >= 0.3 is 6.01 Å². The summed E-state index contributed by atoms with van der Waals surface area (Å²) in [6.07, 6.45) is 3.31. The molecule has 0 spiro atoms. The van der Waals surface area contributed by atoms with Crippen molar-refractivity contribution in [1.29, 1.82) is 0 Å². The third kappa shape index (κ3) is 4.03. The molecule has 2 unspecified atom stereocenters. The van der Waals surface area contributed by atoms with Crippen LogP contribution in [0, 0.1) is 5.82 Å². The third-order valence-corrected chi connectivity index (χ3v) is 8.22. The Morgan fingerprint density at radius 3 is 2.86 bits per heavy atom. The lowest BCUT2D eigenvalue weighted by Crippen LogP contribution is -2.51. The lowest BCUT2D eigenvalue weighted by Gasteiger charge is -2.32. The molecule has 6 rings (SSSR count). The van der Waals surface area contributed by atoms with Crippen LogP contribution in [0.3, 0.4) is 0 Å². The summed E-state index contributed by atoms with van der Waals surface area (Å²) in [5, 5.41) is 5.68. The van der Waals surface area contributed by atoms with Gasteiger partial charge in [-0.25, -0.2) is 17.6 Å². The molecule has 2 N–H and O–H groups in total. The van der Waals surface area contributed by atoms with Crippen molar-refractivity contribution in [3.8, 4) is 6.01 Å². The summed E-state index contributed by atoms with van der Waals surface area (Å²) in [4.78, 5) is 12.9. The molecular weight excluding hydrogens is 488 g/mol. The Morgan fingerprint density at radius 2 is 2.08 bits per heavy atom. The number of ether oxygens (including phenoxy) is 1. The van der Waals surface area contributed by atoms with Gasteiger partial charge in [0.25, 0.3) is 5.79 Å². The summed E-state index contributed by atoms with van der Waals surface area (Å²) in [6, 6.07) is 5.09. The average molecular weight is 519 g/mol.